The Hall–Kier alpha value is -3.12. The van der Waals surface area contributed by atoms with E-state index in [-0.39, 0.29) is 5.82 Å². The van der Waals surface area contributed by atoms with E-state index in [2.05, 4.69) is 6.07 Å². The molecule has 3 aromatic carbocycles. The summed E-state index contributed by atoms with van der Waals surface area (Å²) in [4.78, 5) is 0. The molecular weight excluding hydrogens is 289 g/mol. The number of rotatable bonds is 3. The Morgan fingerprint density at radius 2 is 1.43 bits per heavy atom. The molecule has 0 amide bonds. The van der Waals surface area contributed by atoms with Crippen LogP contribution in [0.15, 0.2) is 66.7 Å². The van der Waals surface area contributed by atoms with Crippen molar-refractivity contribution in [3.05, 3.63) is 78.1 Å². The standard InChI is InChI=1S/C20H14FNO/c1-23-18-9-6-15(7-10-18)17-8-11-19(20(21)12-17)16-4-2-14(13-22)3-5-16/h2-12H,1H3. The Labute approximate surface area is 134 Å². The number of methoxy groups -OCH3 is 1. The van der Waals surface area contributed by atoms with Gasteiger partial charge in [0.05, 0.1) is 18.7 Å². The number of nitriles is 1. The minimum Gasteiger partial charge on any atom is -0.497 e. The first-order valence-corrected chi connectivity index (χ1v) is 7.16. The first-order valence-electron chi connectivity index (χ1n) is 7.16. The smallest absolute Gasteiger partial charge is 0.131 e. The molecule has 0 saturated heterocycles. The van der Waals surface area contributed by atoms with Gasteiger partial charge in [-0.3, -0.25) is 0 Å². The number of hydrogen-bond donors (Lipinski definition) is 0. The lowest BCUT2D eigenvalue weighted by atomic mass is 9.99. The molecule has 3 heteroatoms. The minimum absolute atomic E-state index is 0.289. The molecular formula is C20H14FNO. The fourth-order valence-electron chi connectivity index (χ4n) is 2.44. The van der Waals surface area contributed by atoms with Crippen molar-refractivity contribution in [2.24, 2.45) is 0 Å². The van der Waals surface area contributed by atoms with Crippen molar-refractivity contribution >= 4 is 0 Å². The number of nitrogens with zero attached hydrogens (tertiary/aromatic N) is 1. The van der Waals surface area contributed by atoms with Crippen LogP contribution in [0, 0.1) is 17.1 Å². The van der Waals surface area contributed by atoms with Gasteiger partial charge in [0.15, 0.2) is 0 Å². The molecule has 0 radical (unpaired) electrons. The highest BCUT2D eigenvalue weighted by Crippen LogP contribution is 2.29. The summed E-state index contributed by atoms with van der Waals surface area (Å²) in [5.74, 6) is 0.478. The molecule has 0 saturated carbocycles. The molecule has 3 rings (SSSR count). The zero-order valence-corrected chi connectivity index (χ0v) is 12.6. The highest BCUT2D eigenvalue weighted by molar-refractivity contribution is 5.71. The van der Waals surface area contributed by atoms with E-state index in [1.165, 1.54) is 6.07 Å². The van der Waals surface area contributed by atoms with Gasteiger partial charge in [-0.15, -0.1) is 0 Å². The van der Waals surface area contributed by atoms with Crippen molar-refractivity contribution < 1.29 is 9.13 Å². The highest BCUT2D eigenvalue weighted by Gasteiger charge is 2.08. The van der Waals surface area contributed by atoms with Crippen LogP contribution in [-0.2, 0) is 0 Å². The van der Waals surface area contributed by atoms with Crippen molar-refractivity contribution in [1.29, 1.82) is 5.26 Å². The van der Waals surface area contributed by atoms with E-state index in [4.69, 9.17) is 10.00 Å². The first kappa shape index (κ1) is 14.8. The first-order chi connectivity index (χ1) is 11.2. The van der Waals surface area contributed by atoms with Crippen LogP contribution in [0.25, 0.3) is 22.3 Å². The van der Waals surface area contributed by atoms with Crippen LogP contribution in [0.3, 0.4) is 0 Å². The van der Waals surface area contributed by atoms with Crippen LogP contribution in [0.2, 0.25) is 0 Å². The molecule has 23 heavy (non-hydrogen) atoms. The lowest BCUT2D eigenvalue weighted by molar-refractivity contribution is 0.415. The molecule has 0 fully saturated rings. The van der Waals surface area contributed by atoms with Crippen LogP contribution in [-0.4, -0.2) is 7.11 Å². The Kier molecular flexibility index (Phi) is 4.07. The summed E-state index contributed by atoms with van der Waals surface area (Å²) in [5.41, 5.74) is 3.57. The predicted octanol–water partition coefficient (Wildman–Crippen LogP) is 5.04. The monoisotopic (exact) mass is 303 g/mol. The van der Waals surface area contributed by atoms with Crippen molar-refractivity contribution in [3.8, 4) is 34.1 Å². The normalized spacial score (nSPS) is 10.1. The van der Waals surface area contributed by atoms with Crippen molar-refractivity contribution in [2.45, 2.75) is 0 Å². The van der Waals surface area contributed by atoms with Crippen LogP contribution in [0.1, 0.15) is 5.56 Å². The van der Waals surface area contributed by atoms with E-state index in [1.54, 1.807) is 37.4 Å². The molecule has 0 spiro atoms. The van der Waals surface area contributed by atoms with E-state index >= 15 is 0 Å². The maximum atomic E-state index is 14.5. The van der Waals surface area contributed by atoms with E-state index in [9.17, 15) is 4.39 Å². The third-order valence-electron chi connectivity index (χ3n) is 3.72. The Morgan fingerprint density at radius 3 is 2.00 bits per heavy atom. The molecule has 3 aromatic rings. The van der Waals surface area contributed by atoms with Crippen LogP contribution in [0.5, 0.6) is 5.75 Å². The van der Waals surface area contributed by atoms with Gasteiger partial charge in [-0.1, -0.05) is 36.4 Å². The summed E-state index contributed by atoms with van der Waals surface area (Å²) in [6, 6.07) is 21.6. The predicted molar refractivity (Wildman–Crippen MR) is 88.5 cm³/mol. The highest BCUT2D eigenvalue weighted by atomic mass is 19.1. The van der Waals surface area contributed by atoms with E-state index < -0.39 is 0 Å². The summed E-state index contributed by atoms with van der Waals surface area (Å²) in [6.07, 6.45) is 0. The maximum absolute atomic E-state index is 14.5. The average Bonchev–Trinajstić information content (AvgIpc) is 2.62. The lowest BCUT2D eigenvalue weighted by Gasteiger charge is -2.08. The molecule has 0 atom stereocenters. The van der Waals surface area contributed by atoms with Gasteiger partial charge in [0, 0.05) is 5.56 Å². The number of hydrogen-bond acceptors (Lipinski definition) is 2. The topological polar surface area (TPSA) is 33.0 Å². The van der Waals surface area contributed by atoms with Gasteiger partial charge >= 0.3 is 0 Å². The molecule has 0 aliphatic heterocycles. The average molecular weight is 303 g/mol. The Bertz CT molecular complexity index is 862. The molecule has 0 unspecified atom stereocenters. The molecule has 112 valence electrons. The van der Waals surface area contributed by atoms with Crippen molar-refractivity contribution in [2.75, 3.05) is 7.11 Å². The summed E-state index contributed by atoms with van der Waals surface area (Å²) in [6.45, 7) is 0. The number of halogens is 1. The molecule has 2 nitrogen and oxygen atoms in total. The zero-order chi connectivity index (χ0) is 16.2. The molecule has 0 aromatic heterocycles. The van der Waals surface area contributed by atoms with Gasteiger partial charge in [-0.25, -0.2) is 4.39 Å². The summed E-state index contributed by atoms with van der Waals surface area (Å²) < 4.78 is 19.6. The van der Waals surface area contributed by atoms with Gasteiger partial charge in [0.2, 0.25) is 0 Å². The third kappa shape index (κ3) is 3.07. The Balaban J connectivity index is 1.94. The van der Waals surface area contributed by atoms with Gasteiger partial charge in [-0.2, -0.15) is 5.26 Å². The molecule has 0 aliphatic rings. The van der Waals surface area contributed by atoms with Gasteiger partial charge < -0.3 is 4.74 Å². The van der Waals surface area contributed by atoms with E-state index in [0.717, 1.165) is 22.4 Å². The number of ether oxygens (including phenoxy) is 1. The SMILES string of the molecule is COc1ccc(-c2ccc(-c3ccc(C#N)cc3)c(F)c2)cc1. The molecule has 0 heterocycles. The van der Waals surface area contributed by atoms with Gasteiger partial charge in [-0.05, 0) is 47.0 Å². The van der Waals surface area contributed by atoms with Crippen molar-refractivity contribution in [1.82, 2.24) is 0 Å². The summed E-state index contributed by atoms with van der Waals surface area (Å²) in [7, 11) is 1.61. The second-order valence-corrected chi connectivity index (χ2v) is 5.11. The van der Waals surface area contributed by atoms with Gasteiger partial charge in [0.1, 0.15) is 11.6 Å². The van der Waals surface area contributed by atoms with Crippen LogP contribution in [0.4, 0.5) is 4.39 Å². The third-order valence-corrected chi connectivity index (χ3v) is 3.72. The maximum Gasteiger partial charge on any atom is 0.131 e. The molecule has 0 bridgehead atoms. The summed E-state index contributed by atoms with van der Waals surface area (Å²) in [5, 5.41) is 8.82. The van der Waals surface area contributed by atoms with E-state index in [0.29, 0.717) is 11.1 Å². The second kappa shape index (κ2) is 6.33. The molecule has 0 N–H and O–H groups in total. The minimum atomic E-state index is -0.289. The lowest BCUT2D eigenvalue weighted by Crippen LogP contribution is -1.88. The van der Waals surface area contributed by atoms with E-state index in [1.807, 2.05) is 30.3 Å². The fourth-order valence-corrected chi connectivity index (χ4v) is 2.44. The quantitative estimate of drug-likeness (QED) is 0.679. The van der Waals surface area contributed by atoms with Crippen LogP contribution >= 0.6 is 0 Å². The zero-order valence-electron chi connectivity index (χ0n) is 12.6. The van der Waals surface area contributed by atoms with Crippen molar-refractivity contribution in [3.63, 3.8) is 0 Å². The van der Waals surface area contributed by atoms with Gasteiger partial charge in [0.25, 0.3) is 0 Å². The Morgan fingerprint density at radius 1 is 0.826 bits per heavy atom. The molecule has 0 aliphatic carbocycles. The fraction of sp³-hybridized carbons (Fsp3) is 0.0500. The summed E-state index contributed by atoms with van der Waals surface area (Å²) >= 11 is 0. The number of benzene rings is 3. The largest absolute Gasteiger partial charge is 0.497 e. The van der Waals surface area contributed by atoms with Crippen LogP contribution < -0.4 is 4.74 Å². The second-order valence-electron chi connectivity index (χ2n) is 5.11.